The molecule has 0 aromatic heterocycles. The van der Waals surface area contributed by atoms with Crippen LogP contribution >= 0.6 is 0 Å². The first kappa shape index (κ1) is 18.1. The summed E-state index contributed by atoms with van der Waals surface area (Å²) < 4.78 is 11.0. The minimum absolute atomic E-state index is 0.000730. The van der Waals surface area contributed by atoms with Gasteiger partial charge in [-0.05, 0) is 55.7 Å². The number of nitrogens with one attached hydrogen (secondary N) is 1. The molecule has 138 valence electrons. The van der Waals surface area contributed by atoms with Crippen LogP contribution in [-0.2, 0) is 0 Å². The van der Waals surface area contributed by atoms with Gasteiger partial charge < -0.3 is 24.8 Å². The molecule has 6 nitrogen and oxygen atoms in total. The highest BCUT2D eigenvalue weighted by Crippen LogP contribution is 2.26. The van der Waals surface area contributed by atoms with Crippen LogP contribution in [0.25, 0.3) is 0 Å². The summed E-state index contributed by atoms with van der Waals surface area (Å²) >= 11 is 0. The van der Waals surface area contributed by atoms with Crippen LogP contribution in [0.5, 0.6) is 17.2 Å². The lowest BCUT2D eigenvalue weighted by atomic mass is 10.0. The van der Waals surface area contributed by atoms with E-state index in [0.717, 1.165) is 25.0 Å². The van der Waals surface area contributed by atoms with E-state index >= 15 is 0 Å². The van der Waals surface area contributed by atoms with Crippen LogP contribution in [0.3, 0.4) is 0 Å². The maximum atomic E-state index is 12.4. The molecule has 1 fully saturated rings. The van der Waals surface area contributed by atoms with Gasteiger partial charge in [0.05, 0.1) is 19.8 Å². The summed E-state index contributed by atoms with van der Waals surface area (Å²) in [6.07, 6.45) is 2.86. The topological polar surface area (TPSA) is 71.0 Å². The minimum Gasteiger partial charge on any atom is -0.497 e. The number of carbonyl (C=O) groups is 1. The Morgan fingerprint density at radius 2 is 1.92 bits per heavy atom. The molecule has 1 heterocycles. The summed E-state index contributed by atoms with van der Waals surface area (Å²) in [6.45, 7) is 0.675. The van der Waals surface area contributed by atoms with E-state index in [9.17, 15) is 9.90 Å². The van der Waals surface area contributed by atoms with Gasteiger partial charge in [0.25, 0.3) is 0 Å². The zero-order valence-electron chi connectivity index (χ0n) is 14.9. The fraction of sp³-hybridized carbons (Fsp3) is 0.350. The van der Waals surface area contributed by atoms with Crippen molar-refractivity contribution in [1.82, 2.24) is 4.90 Å². The Balaban J connectivity index is 1.61. The number of aliphatic hydroxyl groups is 1. The zero-order valence-corrected chi connectivity index (χ0v) is 14.9. The van der Waals surface area contributed by atoms with Gasteiger partial charge in [0, 0.05) is 18.3 Å². The molecular weight excluding hydrogens is 332 g/mol. The Morgan fingerprint density at radius 1 is 1.15 bits per heavy atom. The second-order valence-corrected chi connectivity index (χ2v) is 6.26. The van der Waals surface area contributed by atoms with E-state index in [2.05, 4.69) is 5.32 Å². The lowest BCUT2D eigenvalue weighted by Crippen LogP contribution is -2.47. The van der Waals surface area contributed by atoms with Crippen molar-refractivity contribution >= 4 is 11.7 Å². The van der Waals surface area contributed by atoms with Gasteiger partial charge in [0.1, 0.15) is 17.2 Å². The quantitative estimate of drug-likeness (QED) is 0.853. The van der Waals surface area contributed by atoms with E-state index in [1.54, 1.807) is 42.3 Å². The highest BCUT2D eigenvalue weighted by molar-refractivity contribution is 5.89. The maximum Gasteiger partial charge on any atom is 0.322 e. The molecule has 26 heavy (non-hydrogen) atoms. The molecule has 2 aromatic carbocycles. The standard InChI is InChI=1S/C20H24N2O4/c1-25-18-6-4-7-19(13-18)26-17-10-8-15(9-11-17)21-20(24)22-12-3-2-5-16(22)14-23/h4,6-11,13,16,23H,2-3,5,12,14H2,1H3,(H,21,24)/t16-/m0/s1. The van der Waals surface area contributed by atoms with Crippen molar-refractivity contribution in [2.24, 2.45) is 0 Å². The Labute approximate surface area is 153 Å². The third kappa shape index (κ3) is 4.46. The highest BCUT2D eigenvalue weighted by atomic mass is 16.5. The van der Waals surface area contributed by atoms with Crippen LogP contribution in [-0.4, -0.2) is 42.3 Å². The van der Waals surface area contributed by atoms with E-state index < -0.39 is 0 Å². The molecule has 6 heteroatoms. The number of ether oxygens (including phenoxy) is 2. The minimum atomic E-state index is -0.176. The Bertz CT molecular complexity index is 733. The van der Waals surface area contributed by atoms with Gasteiger partial charge in [0.2, 0.25) is 0 Å². The number of aliphatic hydroxyl groups excluding tert-OH is 1. The van der Waals surface area contributed by atoms with Crippen LogP contribution < -0.4 is 14.8 Å². The lowest BCUT2D eigenvalue weighted by molar-refractivity contribution is 0.115. The van der Waals surface area contributed by atoms with Gasteiger partial charge in [-0.1, -0.05) is 6.07 Å². The summed E-state index contributed by atoms with van der Waals surface area (Å²) in [6, 6.07) is 14.3. The van der Waals surface area contributed by atoms with E-state index in [1.807, 2.05) is 18.2 Å². The number of methoxy groups -OCH3 is 1. The molecule has 0 bridgehead atoms. The normalized spacial score (nSPS) is 16.8. The number of rotatable bonds is 5. The van der Waals surface area contributed by atoms with Crippen molar-refractivity contribution in [2.45, 2.75) is 25.3 Å². The summed E-state index contributed by atoms with van der Waals surface area (Å²) in [5, 5.41) is 12.3. The number of hydrogen-bond donors (Lipinski definition) is 2. The fourth-order valence-corrected chi connectivity index (χ4v) is 3.06. The molecule has 1 atom stereocenters. The Morgan fingerprint density at radius 3 is 2.65 bits per heavy atom. The molecule has 0 spiro atoms. The van der Waals surface area contributed by atoms with Crippen LogP contribution in [0.2, 0.25) is 0 Å². The number of anilines is 1. The number of piperidine rings is 1. The van der Waals surface area contributed by atoms with Gasteiger partial charge in [-0.3, -0.25) is 0 Å². The monoisotopic (exact) mass is 356 g/mol. The summed E-state index contributed by atoms with van der Waals surface area (Å²) in [4.78, 5) is 14.2. The molecule has 1 aliphatic heterocycles. The van der Waals surface area contributed by atoms with Crippen molar-refractivity contribution in [3.8, 4) is 17.2 Å². The lowest BCUT2D eigenvalue weighted by Gasteiger charge is -2.34. The smallest absolute Gasteiger partial charge is 0.322 e. The predicted octanol–water partition coefficient (Wildman–Crippen LogP) is 3.87. The third-order valence-corrected chi connectivity index (χ3v) is 4.48. The number of benzene rings is 2. The van der Waals surface area contributed by atoms with Crippen LogP contribution in [0.4, 0.5) is 10.5 Å². The SMILES string of the molecule is COc1cccc(Oc2ccc(NC(=O)N3CCCC[C@H]3CO)cc2)c1. The van der Waals surface area contributed by atoms with Crippen molar-refractivity contribution in [1.29, 1.82) is 0 Å². The van der Waals surface area contributed by atoms with Gasteiger partial charge in [0.15, 0.2) is 0 Å². The van der Waals surface area contributed by atoms with Crippen molar-refractivity contribution in [3.05, 3.63) is 48.5 Å². The molecule has 2 N–H and O–H groups in total. The molecular formula is C20H24N2O4. The molecule has 2 aromatic rings. The summed E-state index contributed by atoms with van der Waals surface area (Å²) in [5.74, 6) is 2.08. The van der Waals surface area contributed by atoms with Crippen molar-refractivity contribution < 1.29 is 19.4 Å². The van der Waals surface area contributed by atoms with Gasteiger partial charge in [-0.25, -0.2) is 4.79 Å². The first-order valence-electron chi connectivity index (χ1n) is 8.80. The molecule has 0 aliphatic carbocycles. The van der Waals surface area contributed by atoms with Crippen molar-refractivity contribution in [2.75, 3.05) is 25.6 Å². The second-order valence-electron chi connectivity index (χ2n) is 6.26. The predicted molar refractivity (Wildman–Crippen MR) is 100.0 cm³/mol. The number of amides is 2. The molecule has 1 aliphatic rings. The van der Waals surface area contributed by atoms with Gasteiger partial charge in [-0.15, -0.1) is 0 Å². The second kappa shape index (κ2) is 8.58. The average molecular weight is 356 g/mol. The fourth-order valence-electron chi connectivity index (χ4n) is 3.06. The third-order valence-electron chi connectivity index (χ3n) is 4.48. The molecule has 2 amide bonds. The largest absolute Gasteiger partial charge is 0.497 e. The van der Waals surface area contributed by atoms with Crippen LogP contribution in [0, 0.1) is 0 Å². The van der Waals surface area contributed by atoms with E-state index in [0.29, 0.717) is 23.7 Å². The zero-order chi connectivity index (χ0) is 18.4. The summed E-state index contributed by atoms with van der Waals surface area (Å²) in [5.41, 5.74) is 0.690. The number of carbonyl (C=O) groups excluding carboxylic acids is 1. The Hall–Kier alpha value is -2.73. The molecule has 0 unspecified atom stereocenters. The Kier molecular flexibility index (Phi) is 5.96. The molecule has 3 rings (SSSR count). The number of likely N-dealkylation sites (tertiary alicyclic amines) is 1. The first-order chi connectivity index (χ1) is 12.7. The highest BCUT2D eigenvalue weighted by Gasteiger charge is 2.25. The number of urea groups is 1. The molecule has 0 radical (unpaired) electrons. The van der Waals surface area contributed by atoms with Crippen molar-refractivity contribution in [3.63, 3.8) is 0 Å². The number of hydrogen-bond acceptors (Lipinski definition) is 4. The summed E-state index contributed by atoms with van der Waals surface area (Å²) in [7, 11) is 1.61. The molecule has 1 saturated heterocycles. The van der Waals surface area contributed by atoms with Crippen LogP contribution in [0.15, 0.2) is 48.5 Å². The maximum absolute atomic E-state index is 12.4. The average Bonchev–Trinajstić information content (AvgIpc) is 2.69. The van der Waals surface area contributed by atoms with Crippen LogP contribution in [0.1, 0.15) is 19.3 Å². The van der Waals surface area contributed by atoms with E-state index in [-0.39, 0.29) is 18.7 Å². The first-order valence-corrected chi connectivity index (χ1v) is 8.80. The van der Waals surface area contributed by atoms with Gasteiger partial charge in [-0.2, -0.15) is 0 Å². The van der Waals surface area contributed by atoms with Gasteiger partial charge >= 0.3 is 6.03 Å². The van der Waals surface area contributed by atoms with E-state index in [4.69, 9.17) is 9.47 Å². The van der Waals surface area contributed by atoms with E-state index in [1.165, 1.54) is 0 Å². The molecule has 0 saturated carbocycles. The number of nitrogens with zero attached hydrogens (tertiary/aromatic N) is 1.